The van der Waals surface area contributed by atoms with Crippen LogP contribution in [0.15, 0.2) is 35.6 Å². The minimum atomic E-state index is -0.328. The quantitative estimate of drug-likeness (QED) is 0.810. The highest BCUT2D eigenvalue weighted by molar-refractivity contribution is 5.55. The zero-order valence-electron chi connectivity index (χ0n) is 12.4. The van der Waals surface area contributed by atoms with Crippen LogP contribution in [0.3, 0.4) is 0 Å². The summed E-state index contributed by atoms with van der Waals surface area (Å²) in [6.07, 6.45) is 2.43. The summed E-state index contributed by atoms with van der Waals surface area (Å²) >= 11 is 0. The van der Waals surface area contributed by atoms with Gasteiger partial charge < -0.3 is 9.64 Å². The Morgan fingerprint density at radius 2 is 2.18 bits per heavy atom. The van der Waals surface area contributed by atoms with Crippen molar-refractivity contribution in [2.75, 3.05) is 18.6 Å². The van der Waals surface area contributed by atoms with Crippen molar-refractivity contribution in [3.8, 4) is 5.75 Å². The maximum absolute atomic E-state index is 13.7. The first-order valence-electron chi connectivity index (χ1n) is 7.06. The van der Waals surface area contributed by atoms with E-state index in [4.69, 9.17) is 4.74 Å². The van der Waals surface area contributed by atoms with Crippen LogP contribution in [0.4, 0.5) is 15.9 Å². The Bertz CT molecular complexity index is 721. The van der Waals surface area contributed by atoms with Gasteiger partial charge in [-0.15, -0.1) is 4.91 Å². The Labute approximate surface area is 127 Å². The zero-order valence-corrected chi connectivity index (χ0v) is 12.4. The molecule has 5 nitrogen and oxygen atoms in total. The molecule has 0 bridgehead atoms. The van der Waals surface area contributed by atoms with Crippen LogP contribution < -0.4 is 9.64 Å². The Balaban J connectivity index is 1.97. The van der Waals surface area contributed by atoms with Crippen molar-refractivity contribution in [3.05, 3.63) is 52.3 Å². The van der Waals surface area contributed by atoms with Crippen LogP contribution in [0.1, 0.15) is 24.1 Å². The van der Waals surface area contributed by atoms with E-state index < -0.39 is 0 Å². The summed E-state index contributed by atoms with van der Waals surface area (Å²) in [4.78, 5) is 16.7. The largest absolute Gasteiger partial charge is 0.497 e. The molecule has 114 valence electrons. The summed E-state index contributed by atoms with van der Waals surface area (Å²) < 4.78 is 18.9. The van der Waals surface area contributed by atoms with Gasteiger partial charge in [0, 0.05) is 30.6 Å². The van der Waals surface area contributed by atoms with Crippen LogP contribution in [0.5, 0.6) is 5.75 Å². The number of pyridine rings is 1. The topological polar surface area (TPSA) is 54.8 Å². The van der Waals surface area contributed by atoms with Gasteiger partial charge in [0.05, 0.1) is 13.2 Å². The first-order valence-corrected chi connectivity index (χ1v) is 7.06. The minimum Gasteiger partial charge on any atom is -0.497 e. The lowest BCUT2D eigenvalue weighted by atomic mass is 9.95. The number of nitroso groups, excluding NO2 is 1. The molecule has 1 unspecified atom stereocenters. The predicted octanol–water partition coefficient (Wildman–Crippen LogP) is 3.75. The van der Waals surface area contributed by atoms with E-state index in [9.17, 15) is 9.30 Å². The average Bonchev–Trinajstić information content (AvgIpc) is 2.54. The van der Waals surface area contributed by atoms with E-state index in [1.54, 1.807) is 12.3 Å². The van der Waals surface area contributed by atoms with E-state index in [0.717, 1.165) is 29.8 Å². The third-order valence-corrected chi connectivity index (χ3v) is 4.07. The molecule has 1 aliphatic heterocycles. The number of aromatic nitrogens is 1. The second kappa shape index (κ2) is 5.71. The number of halogens is 1. The molecule has 0 spiro atoms. The number of anilines is 1. The Kier molecular flexibility index (Phi) is 3.75. The van der Waals surface area contributed by atoms with Crippen LogP contribution in [-0.4, -0.2) is 18.6 Å². The number of methoxy groups -OCH3 is 1. The molecule has 0 fully saturated rings. The number of rotatable bonds is 3. The summed E-state index contributed by atoms with van der Waals surface area (Å²) in [5.41, 5.74) is 2.87. The Morgan fingerprint density at radius 1 is 1.36 bits per heavy atom. The van der Waals surface area contributed by atoms with Gasteiger partial charge in [0.15, 0.2) is 5.82 Å². The predicted molar refractivity (Wildman–Crippen MR) is 82.1 cm³/mol. The molecule has 3 rings (SSSR count). The molecule has 0 amide bonds. The van der Waals surface area contributed by atoms with Crippen molar-refractivity contribution in [1.82, 2.24) is 4.98 Å². The number of nitrogens with zero attached hydrogens (tertiary/aromatic N) is 3. The minimum absolute atomic E-state index is 0.0310. The summed E-state index contributed by atoms with van der Waals surface area (Å²) in [6.45, 7) is 2.76. The highest BCUT2D eigenvalue weighted by Crippen LogP contribution is 2.35. The van der Waals surface area contributed by atoms with Crippen LogP contribution >= 0.6 is 0 Å². The molecule has 1 aromatic carbocycles. The molecule has 0 saturated heterocycles. The Morgan fingerprint density at radius 3 is 2.91 bits per heavy atom. The van der Waals surface area contributed by atoms with E-state index in [2.05, 4.69) is 15.1 Å². The molecule has 0 N–H and O–H groups in total. The van der Waals surface area contributed by atoms with Crippen molar-refractivity contribution in [3.63, 3.8) is 0 Å². The lowest BCUT2D eigenvalue weighted by molar-refractivity contribution is 0.411. The van der Waals surface area contributed by atoms with Gasteiger partial charge in [-0.1, -0.05) is 0 Å². The number of benzene rings is 1. The van der Waals surface area contributed by atoms with Crippen LogP contribution in [0.25, 0.3) is 0 Å². The van der Waals surface area contributed by atoms with E-state index in [1.165, 1.54) is 19.2 Å². The van der Waals surface area contributed by atoms with Gasteiger partial charge in [0.25, 0.3) is 0 Å². The van der Waals surface area contributed by atoms with Gasteiger partial charge in [0.1, 0.15) is 11.6 Å². The summed E-state index contributed by atoms with van der Waals surface area (Å²) in [7, 11) is 1.52. The molecule has 1 atom stereocenters. The van der Waals surface area contributed by atoms with E-state index in [0.29, 0.717) is 5.75 Å². The lowest BCUT2D eigenvalue weighted by Crippen LogP contribution is -2.34. The summed E-state index contributed by atoms with van der Waals surface area (Å²) in [5, 5.41) is 2.87. The molecule has 0 aliphatic carbocycles. The second-order valence-electron chi connectivity index (χ2n) is 5.30. The molecular weight excluding hydrogens is 285 g/mol. The molecule has 2 aromatic rings. The van der Waals surface area contributed by atoms with Crippen molar-refractivity contribution in [2.24, 2.45) is 5.18 Å². The molecule has 1 aromatic heterocycles. The maximum atomic E-state index is 13.7. The van der Waals surface area contributed by atoms with Gasteiger partial charge in [-0.25, -0.2) is 9.37 Å². The fourth-order valence-corrected chi connectivity index (χ4v) is 2.92. The van der Waals surface area contributed by atoms with Crippen LogP contribution in [0.2, 0.25) is 0 Å². The SMILES string of the molecule is COc1cc(F)cc(N2CCc3cc(N=O)ncc3C2C)c1. The van der Waals surface area contributed by atoms with Gasteiger partial charge in [-0.2, -0.15) is 0 Å². The monoisotopic (exact) mass is 301 g/mol. The molecule has 0 saturated carbocycles. The van der Waals surface area contributed by atoms with Gasteiger partial charge in [0.2, 0.25) is 0 Å². The third-order valence-electron chi connectivity index (χ3n) is 4.07. The number of ether oxygens (including phenoxy) is 1. The number of fused-ring (bicyclic) bond motifs is 1. The fraction of sp³-hybridized carbons (Fsp3) is 0.312. The number of hydrogen-bond donors (Lipinski definition) is 0. The summed E-state index contributed by atoms with van der Waals surface area (Å²) in [5.74, 6) is 0.365. The first kappa shape index (κ1) is 14.4. The molecule has 6 heteroatoms. The van der Waals surface area contributed by atoms with Gasteiger partial charge in [-0.05, 0) is 41.8 Å². The average molecular weight is 301 g/mol. The lowest BCUT2D eigenvalue weighted by Gasteiger charge is -2.37. The number of hydrogen-bond acceptors (Lipinski definition) is 5. The molecule has 2 heterocycles. The maximum Gasteiger partial charge on any atom is 0.196 e. The molecular formula is C16H16FN3O2. The van der Waals surface area contributed by atoms with E-state index in [-0.39, 0.29) is 17.7 Å². The van der Waals surface area contributed by atoms with Crippen molar-refractivity contribution < 1.29 is 9.13 Å². The highest BCUT2D eigenvalue weighted by atomic mass is 19.1. The van der Waals surface area contributed by atoms with Gasteiger partial charge in [-0.3, -0.25) is 0 Å². The highest BCUT2D eigenvalue weighted by Gasteiger charge is 2.25. The second-order valence-corrected chi connectivity index (χ2v) is 5.30. The van der Waals surface area contributed by atoms with Gasteiger partial charge >= 0.3 is 0 Å². The fourth-order valence-electron chi connectivity index (χ4n) is 2.92. The summed E-state index contributed by atoms with van der Waals surface area (Å²) in [6, 6.07) is 6.43. The zero-order chi connectivity index (χ0) is 15.7. The van der Waals surface area contributed by atoms with Crippen molar-refractivity contribution in [1.29, 1.82) is 0 Å². The Hall–Kier alpha value is -2.50. The van der Waals surface area contributed by atoms with Crippen LogP contribution in [0, 0.1) is 10.7 Å². The molecule has 0 radical (unpaired) electrons. The normalized spacial score (nSPS) is 17.0. The smallest absolute Gasteiger partial charge is 0.196 e. The standard InChI is InChI=1S/C16H16FN3O2/c1-10-15-9-18-16(19-21)5-11(15)3-4-20(10)13-6-12(17)7-14(8-13)22-2/h5-10H,3-4H2,1-2H3. The van der Waals surface area contributed by atoms with E-state index >= 15 is 0 Å². The van der Waals surface area contributed by atoms with Crippen molar-refractivity contribution >= 4 is 11.5 Å². The molecule has 1 aliphatic rings. The molecule has 22 heavy (non-hydrogen) atoms. The third kappa shape index (κ3) is 2.52. The van der Waals surface area contributed by atoms with Crippen LogP contribution in [-0.2, 0) is 6.42 Å². The van der Waals surface area contributed by atoms with Crippen molar-refractivity contribution in [2.45, 2.75) is 19.4 Å². The first-order chi connectivity index (χ1) is 10.6. The van der Waals surface area contributed by atoms with E-state index in [1.807, 2.05) is 13.0 Å².